The van der Waals surface area contributed by atoms with Crippen molar-refractivity contribution in [3.05, 3.63) is 0 Å². The van der Waals surface area contributed by atoms with E-state index in [-0.39, 0.29) is 11.3 Å². The minimum atomic E-state index is 0.210. The van der Waals surface area contributed by atoms with Crippen LogP contribution in [0.15, 0.2) is 0 Å². The highest BCUT2D eigenvalue weighted by molar-refractivity contribution is 5.75. The molecule has 1 amide bonds. The summed E-state index contributed by atoms with van der Waals surface area (Å²) in [6.07, 6.45) is 6.50. The van der Waals surface area contributed by atoms with E-state index in [1.807, 2.05) is 0 Å². The lowest BCUT2D eigenvalue weighted by molar-refractivity contribution is -0.121. The minimum Gasteiger partial charge on any atom is -0.356 e. The van der Waals surface area contributed by atoms with Crippen molar-refractivity contribution in [2.75, 3.05) is 13.1 Å². The molecule has 1 atom stereocenters. The number of hydrogen-bond acceptors (Lipinski definition) is 2. The van der Waals surface area contributed by atoms with Gasteiger partial charge in [0.05, 0.1) is 0 Å². The van der Waals surface area contributed by atoms with Gasteiger partial charge in [0.1, 0.15) is 0 Å². The van der Waals surface area contributed by atoms with Crippen LogP contribution < -0.4 is 11.1 Å². The molecule has 18 heavy (non-hydrogen) atoms. The van der Waals surface area contributed by atoms with E-state index in [1.165, 1.54) is 12.8 Å². The lowest BCUT2D eigenvalue weighted by Crippen LogP contribution is -2.28. The molecular formula is C15H30N2O. The number of amides is 1. The van der Waals surface area contributed by atoms with Crippen LogP contribution in [0.1, 0.15) is 59.3 Å². The Balaban J connectivity index is 2.16. The SMILES string of the molecule is CC(C)(C)C(CCN)CCC(=O)NCCC1CC1. The van der Waals surface area contributed by atoms with Crippen LogP contribution in [-0.4, -0.2) is 19.0 Å². The van der Waals surface area contributed by atoms with Gasteiger partial charge in [-0.2, -0.15) is 0 Å². The minimum absolute atomic E-state index is 0.210. The predicted octanol–water partition coefficient (Wildman–Crippen LogP) is 2.69. The van der Waals surface area contributed by atoms with Gasteiger partial charge in [0, 0.05) is 13.0 Å². The van der Waals surface area contributed by atoms with Gasteiger partial charge >= 0.3 is 0 Å². The Morgan fingerprint density at radius 2 is 2.00 bits per heavy atom. The van der Waals surface area contributed by atoms with E-state index in [4.69, 9.17) is 5.73 Å². The highest BCUT2D eigenvalue weighted by Gasteiger charge is 2.24. The summed E-state index contributed by atoms with van der Waals surface area (Å²) < 4.78 is 0. The van der Waals surface area contributed by atoms with E-state index in [2.05, 4.69) is 26.1 Å². The third-order valence-corrected chi connectivity index (χ3v) is 4.03. The second kappa shape index (κ2) is 7.13. The van der Waals surface area contributed by atoms with Crippen LogP contribution in [0.2, 0.25) is 0 Å². The lowest BCUT2D eigenvalue weighted by Gasteiger charge is -2.30. The first kappa shape index (κ1) is 15.5. The molecule has 1 aliphatic rings. The van der Waals surface area contributed by atoms with Crippen LogP contribution in [0.3, 0.4) is 0 Å². The molecular weight excluding hydrogens is 224 g/mol. The fourth-order valence-electron chi connectivity index (χ4n) is 2.43. The molecule has 106 valence electrons. The molecule has 3 heteroatoms. The second-order valence-corrected chi connectivity index (χ2v) is 6.76. The van der Waals surface area contributed by atoms with Crippen LogP contribution >= 0.6 is 0 Å². The summed E-state index contributed by atoms with van der Waals surface area (Å²) in [6, 6.07) is 0. The summed E-state index contributed by atoms with van der Waals surface area (Å²) in [6.45, 7) is 8.28. The maximum atomic E-state index is 11.7. The monoisotopic (exact) mass is 254 g/mol. The van der Waals surface area contributed by atoms with Gasteiger partial charge in [-0.15, -0.1) is 0 Å². The summed E-state index contributed by atoms with van der Waals surface area (Å²) in [5, 5.41) is 3.03. The number of nitrogens with two attached hydrogens (primary N) is 1. The summed E-state index contributed by atoms with van der Waals surface area (Å²) in [4.78, 5) is 11.7. The average molecular weight is 254 g/mol. The highest BCUT2D eigenvalue weighted by atomic mass is 16.1. The zero-order valence-electron chi connectivity index (χ0n) is 12.3. The van der Waals surface area contributed by atoms with E-state index in [0.29, 0.717) is 18.9 Å². The van der Waals surface area contributed by atoms with Crippen molar-refractivity contribution in [1.29, 1.82) is 0 Å². The van der Waals surface area contributed by atoms with Gasteiger partial charge in [-0.25, -0.2) is 0 Å². The van der Waals surface area contributed by atoms with Gasteiger partial charge in [-0.05, 0) is 43.1 Å². The smallest absolute Gasteiger partial charge is 0.220 e. The van der Waals surface area contributed by atoms with Crippen molar-refractivity contribution in [2.24, 2.45) is 23.0 Å². The molecule has 3 nitrogen and oxygen atoms in total. The van der Waals surface area contributed by atoms with Crippen molar-refractivity contribution < 1.29 is 4.79 Å². The molecule has 0 spiro atoms. The summed E-state index contributed by atoms with van der Waals surface area (Å²) in [5.41, 5.74) is 5.90. The van der Waals surface area contributed by atoms with Crippen molar-refractivity contribution in [3.63, 3.8) is 0 Å². The third kappa shape index (κ3) is 6.39. The summed E-state index contributed by atoms with van der Waals surface area (Å²) in [5.74, 6) is 1.64. The summed E-state index contributed by atoms with van der Waals surface area (Å²) >= 11 is 0. The zero-order valence-corrected chi connectivity index (χ0v) is 12.3. The second-order valence-electron chi connectivity index (χ2n) is 6.76. The van der Waals surface area contributed by atoms with E-state index in [1.54, 1.807) is 0 Å². The molecule has 0 aromatic rings. The number of nitrogens with one attached hydrogen (secondary N) is 1. The Labute approximate surface area is 112 Å². The standard InChI is InChI=1S/C15H30N2O/c1-15(2,3)13(8-10-16)6-7-14(18)17-11-9-12-4-5-12/h12-13H,4-11,16H2,1-3H3,(H,17,18). The third-order valence-electron chi connectivity index (χ3n) is 4.03. The number of hydrogen-bond donors (Lipinski definition) is 2. The molecule has 0 aromatic carbocycles. The molecule has 0 heterocycles. The predicted molar refractivity (Wildman–Crippen MR) is 76.2 cm³/mol. The maximum Gasteiger partial charge on any atom is 0.220 e. The Morgan fingerprint density at radius 3 is 2.50 bits per heavy atom. The number of carbonyl (C=O) groups is 1. The van der Waals surface area contributed by atoms with Crippen LogP contribution in [0.25, 0.3) is 0 Å². The Morgan fingerprint density at radius 1 is 1.33 bits per heavy atom. The first-order valence-electron chi connectivity index (χ1n) is 7.40. The van der Waals surface area contributed by atoms with E-state index in [0.717, 1.165) is 31.7 Å². The van der Waals surface area contributed by atoms with Crippen molar-refractivity contribution >= 4 is 5.91 Å². The van der Waals surface area contributed by atoms with Gasteiger partial charge < -0.3 is 11.1 Å². The molecule has 1 aliphatic carbocycles. The van der Waals surface area contributed by atoms with Gasteiger partial charge in [-0.1, -0.05) is 33.6 Å². The topological polar surface area (TPSA) is 55.1 Å². The van der Waals surface area contributed by atoms with Gasteiger partial charge in [0.2, 0.25) is 5.91 Å². The largest absolute Gasteiger partial charge is 0.356 e. The molecule has 1 fully saturated rings. The molecule has 1 unspecified atom stereocenters. The molecule has 3 N–H and O–H groups in total. The fourth-order valence-corrected chi connectivity index (χ4v) is 2.43. The Bertz CT molecular complexity index is 254. The molecule has 1 rings (SSSR count). The summed E-state index contributed by atoms with van der Waals surface area (Å²) in [7, 11) is 0. The number of rotatable bonds is 8. The van der Waals surface area contributed by atoms with E-state index >= 15 is 0 Å². The van der Waals surface area contributed by atoms with Crippen molar-refractivity contribution in [3.8, 4) is 0 Å². The van der Waals surface area contributed by atoms with Crippen LogP contribution in [0.5, 0.6) is 0 Å². The average Bonchev–Trinajstić information content (AvgIpc) is 3.06. The molecule has 0 bridgehead atoms. The Kier molecular flexibility index (Phi) is 6.13. The lowest BCUT2D eigenvalue weighted by atomic mass is 9.76. The number of carbonyl (C=O) groups excluding carboxylic acids is 1. The van der Waals surface area contributed by atoms with Gasteiger partial charge in [0.15, 0.2) is 0 Å². The first-order chi connectivity index (χ1) is 8.43. The first-order valence-corrected chi connectivity index (χ1v) is 7.40. The van der Waals surface area contributed by atoms with Crippen molar-refractivity contribution in [2.45, 2.75) is 59.3 Å². The van der Waals surface area contributed by atoms with Gasteiger partial charge in [-0.3, -0.25) is 4.79 Å². The molecule has 0 aliphatic heterocycles. The Hall–Kier alpha value is -0.570. The van der Waals surface area contributed by atoms with Crippen LogP contribution in [0, 0.1) is 17.3 Å². The molecule has 0 saturated heterocycles. The molecule has 0 aromatic heterocycles. The van der Waals surface area contributed by atoms with E-state index in [9.17, 15) is 4.79 Å². The van der Waals surface area contributed by atoms with Crippen LogP contribution in [0.4, 0.5) is 0 Å². The van der Waals surface area contributed by atoms with Gasteiger partial charge in [0.25, 0.3) is 0 Å². The van der Waals surface area contributed by atoms with E-state index < -0.39 is 0 Å². The molecule has 0 radical (unpaired) electrons. The fraction of sp³-hybridized carbons (Fsp3) is 0.933. The normalized spacial score (nSPS) is 17.6. The maximum absolute atomic E-state index is 11.7. The van der Waals surface area contributed by atoms with Crippen LogP contribution in [-0.2, 0) is 4.79 Å². The van der Waals surface area contributed by atoms with Crippen molar-refractivity contribution in [1.82, 2.24) is 5.32 Å². The highest BCUT2D eigenvalue weighted by Crippen LogP contribution is 2.32. The zero-order chi connectivity index (χ0) is 13.6. The quantitative estimate of drug-likeness (QED) is 0.699. The molecule has 1 saturated carbocycles.